The number of carbonyl (C=O) groups is 3. The predicted octanol–water partition coefficient (Wildman–Crippen LogP) is 4.63. The topological polar surface area (TPSA) is 96.5 Å². The molecule has 2 aromatic rings. The van der Waals surface area contributed by atoms with Crippen LogP contribution in [0.5, 0.6) is 0 Å². The maximum absolute atomic E-state index is 12.3. The van der Waals surface area contributed by atoms with Crippen LogP contribution < -0.4 is 16.0 Å². The van der Waals surface area contributed by atoms with Gasteiger partial charge in [-0.2, -0.15) is 0 Å². The van der Waals surface area contributed by atoms with Crippen molar-refractivity contribution in [2.75, 3.05) is 11.9 Å². The van der Waals surface area contributed by atoms with Gasteiger partial charge in [0.25, 0.3) is 0 Å². The highest BCUT2D eigenvalue weighted by atomic mass is 79.9. The maximum Gasteiger partial charge on any atom is 0.407 e. The van der Waals surface area contributed by atoms with E-state index in [1.807, 2.05) is 42.5 Å². The number of anilines is 1. The molecule has 0 aliphatic heterocycles. The van der Waals surface area contributed by atoms with E-state index in [0.29, 0.717) is 5.69 Å². The van der Waals surface area contributed by atoms with Gasteiger partial charge >= 0.3 is 6.09 Å². The third-order valence-electron chi connectivity index (χ3n) is 4.05. The SMILES string of the molecule is CC(C)(C)OC(=O)NCCC(=O)NCc1ccccc1NC(=O)/C=C/c1cccc(Br)c1. The molecule has 0 heterocycles. The molecule has 8 heteroatoms. The zero-order chi connectivity index (χ0) is 23.6. The predicted molar refractivity (Wildman–Crippen MR) is 129 cm³/mol. The van der Waals surface area contributed by atoms with Crippen molar-refractivity contribution in [1.29, 1.82) is 0 Å². The standard InChI is InChI=1S/C24H28BrN3O4/c1-24(2,3)32-23(31)26-14-13-21(29)27-16-18-8-4-5-10-20(18)28-22(30)12-11-17-7-6-9-19(25)15-17/h4-12,15H,13-14,16H2,1-3H3,(H,26,31)(H,27,29)(H,28,30)/b12-11+. The summed E-state index contributed by atoms with van der Waals surface area (Å²) in [4.78, 5) is 36.0. The van der Waals surface area contributed by atoms with Crippen molar-refractivity contribution < 1.29 is 19.1 Å². The number of rotatable bonds is 8. The van der Waals surface area contributed by atoms with Crippen molar-refractivity contribution in [3.05, 3.63) is 70.2 Å². The monoisotopic (exact) mass is 501 g/mol. The number of carbonyl (C=O) groups excluding carboxylic acids is 3. The lowest BCUT2D eigenvalue weighted by Crippen LogP contribution is -2.35. The number of alkyl carbamates (subject to hydrolysis) is 1. The highest BCUT2D eigenvalue weighted by molar-refractivity contribution is 9.10. The summed E-state index contributed by atoms with van der Waals surface area (Å²) in [5, 5.41) is 8.18. The minimum Gasteiger partial charge on any atom is -0.444 e. The van der Waals surface area contributed by atoms with Gasteiger partial charge in [-0.15, -0.1) is 0 Å². The molecule has 7 nitrogen and oxygen atoms in total. The number of hydrogen-bond donors (Lipinski definition) is 3. The fourth-order valence-corrected chi connectivity index (χ4v) is 3.04. The van der Waals surface area contributed by atoms with Gasteiger partial charge in [-0.05, 0) is 56.2 Å². The number of benzene rings is 2. The van der Waals surface area contributed by atoms with E-state index in [4.69, 9.17) is 4.74 Å². The van der Waals surface area contributed by atoms with Crippen LogP contribution in [0.4, 0.5) is 10.5 Å². The van der Waals surface area contributed by atoms with Crippen LogP contribution in [0.1, 0.15) is 38.3 Å². The molecule has 0 bridgehead atoms. The molecule has 2 rings (SSSR count). The van der Waals surface area contributed by atoms with Crippen molar-refractivity contribution in [3.8, 4) is 0 Å². The van der Waals surface area contributed by atoms with Gasteiger partial charge in [0.2, 0.25) is 11.8 Å². The first-order valence-corrected chi connectivity index (χ1v) is 11.0. The third kappa shape index (κ3) is 9.78. The summed E-state index contributed by atoms with van der Waals surface area (Å²) in [5.74, 6) is -0.498. The molecule has 0 unspecified atom stereocenters. The Kier molecular flexibility index (Phi) is 9.46. The van der Waals surface area contributed by atoms with E-state index in [0.717, 1.165) is 15.6 Å². The van der Waals surface area contributed by atoms with Gasteiger partial charge in [0, 0.05) is 35.7 Å². The van der Waals surface area contributed by atoms with Gasteiger partial charge in [-0.3, -0.25) is 9.59 Å². The van der Waals surface area contributed by atoms with Gasteiger partial charge in [0.05, 0.1) is 0 Å². The van der Waals surface area contributed by atoms with Crippen molar-refractivity contribution in [1.82, 2.24) is 10.6 Å². The molecule has 0 fully saturated rings. The van der Waals surface area contributed by atoms with Crippen LogP contribution in [0.15, 0.2) is 59.1 Å². The van der Waals surface area contributed by atoms with E-state index in [-0.39, 0.29) is 31.3 Å². The van der Waals surface area contributed by atoms with Crippen molar-refractivity contribution in [2.24, 2.45) is 0 Å². The number of nitrogens with one attached hydrogen (secondary N) is 3. The molecule has 0 aromatic heterocycles. The van der Waals surface area contributed by atoms with Crippen LogP contribution >= 0.6 is 15.9 Å². The minimum atomic E-state index is -0.590. The lowest BCUT2D eigenvalue weighted by atomic mass is 10.1. The Bertz CT molecular complexity index is 983. The number of hydrogen-bond acceptors (Lipinski definition) is 4. The minimum absolute atomic E-state index is 0.114. The molecule has 32 heavy (non-hydrogen) atoms. The molecule has 0 radical (unpaired) electrons. The number of halogens is 1. The average Bonchev–Trinajstić information content (AvgIpc) is 2.70. The van der Waals surface area contributed by atoms with Gasteiger partial charge in [-0.25, -0.2) is 4.79 Å². The molecule has 0 aliphatic carbocycles. The third-order valence-corrected chi connectivity index (χ3v) is 4.54. The van der Waals surface area contributed by atoms with Gasteiger partial charge in [0.15, 0.2) is 0 Å². The molecule has 2 aromatic carbocycles. The summed E-state index contributed by atoms with van der Waals surface area (Å²) in [6.45, 7) is 5.72. The molecular weight excluding hydrogens is 474 g/mol. The molecule has 0 saturated carbocycles. The number of para-hydroxylation sites is 1. The molecule has 0 atom stereocenters. The molecule has 0 aliphatic rings. The summed E-state index contributed by atoms with van der Waals surface area (Å²) < 4.78 is 6.06. The second-order valence-electron chi connectivity index (χ2n) is 7.99. The normalized spacial score (nSPS) is 11.1. The number of ether oxygens (including phenoxy) is 1. The molecule has 170 valence electrons. The van der Waals surface area contributed by atoms with E-state index < -0.39 is 11.7 Å². The van der Waals surface area contributed by atoms with Crippen LogP contribution in [0, 0.1) is 0 Å². The van der Waals surface area contributed by atoms with E-state index >= 15 is 0 Å². The summed E-state index contributed by atoms with van der Waals surface area (Å²) >= 11 is 3.40. The van der Waals surface area contributed by atoms with Gasteiger partial charge < -0.3 is 20.7 Å². The number of amides is 3. The van der Waals surface area contributed by atoms with Crippen LogP contribution in [0.2, 0.25) is 0 Å². The van der Waals surface area contributed by atoms with Crippen molar-refractivity contribution >= 4 is 45.6 Å². The van der Waals surface area contributed by atoms with Crippen LogP contribution in [-0.2, 0) is 20.9 Å². The first-order valence-electron chi connectivity index (χ1n) is 10.2. The second-order valence-corrected chi connectivity index (χ2v) is 8.91. The summed E-state index contributed by atoms with van der Waals surface area (Å²) in [6, 6.07) is 14.9. The first kappa shape index (κ1) is 25.1. The van der Waals surface area contributed by atoms with E-state index in [9.17, 15) is 14.4 Å². The van der Waals surface area contributed by atoms with E-state index in [1.54, 1.807) is 32.9 Å². The van der Waals surface area contributed by atoms with Crippen LogP contribution in [-0.4, -0.2) is 30.1 Å². The fourth-order valence-electron chi connectivity index (χ4n) is 2.63. The molecular formula is C24H28BrN3O4. The Morgan fingerprint density at radius 3 is 2.50 bits per heavy atom. The zero-order valence-electron chi connectivity index (χ0n) is 18.4. The van der Waals surface area contributed by atoms with Crippen LogP contribution in [0.3, 0.4) is 0 Å². The average molecular weight is 502 g/mol. The summed E-state index contributed by atoms with van der Waals surface area (Å²) in [6.07, 6.45) is 2.74. The molecule has 0 spiro atoms. The summed E-state index contributed by atoms with van der Waals surface area (Å²) in [5.41, 5.74) is 1.69. The zero-order valence-corrected chi connectivity index (χ0v) is 20.0. The Balaban J connectivity index is 1.83. The Morgan fingerprint density at radius 1 is 1.03 bits per heavy atom. The quantitative estimate of drug-likeness (QED) is 0.459. The van der Waals surface area contributed by atoms with Crippen molar-refractivity contribution in [2.45, 2.75) is 39.3 Å². The smallest absolute Gasteiger partial charge is 0.407 e. The second kappa shape index (κ2) is 12.0. The Labute approximate surface area is 196 Å². The highest BCUT2D eigenvalue weighted by Crippen LogP contribution is 2.16. The highest BCUT2D eigenvalue weighted by Gasteiger charge is 2.16. The molecule has 3 amide bonds. The molecule has 3 N–H and O–H groups in total. The molecule has 0 saturated heterocycles. The lowest BCUT2D eigenvalue weighted by molar-refractivity contribution is -0.121. The first-order chi connectivity index (χ1) is 15.1. The Hall–Kier alpha value is -3.13. The van der Waals surface area contributed by atoms with Gasteiger partial charge in [-0.1, -0.05) is 46.3 Å². The van der Waals surface area contributed by atoms with E-state index in [1.165, 1.54) is 6.08 Å². The van der Waals surface area contributed by atoms with Crippen molar-refractivity contribution in [3.63, 3.8) is 0 Å². The largest absolute Gasteiger partial charge is 0.444 e. The van der Waals surface area contributed by atoms with Gasteiger partial charge in [0.1, 0.15) is 5.60 Å². The Morgan fingerprint density at radius 2 is 1.78 bits per heavy atom. The summed E-state index contributed by atoms with van der Waals surface area (Å²) in [7, 11) is 0. The van der Waals surface area contributed by atoms with E-state index in [2.05, 4.69) is 31.9 Å². The van der Waals surface area contributed by atoms with Crippen LogP contribution in [0.25, 0.3) is 6.08 Å². The maximum atomic E-state index is 12.3. The lowest BCUT2D eigenvalue weighted by Gasteiger charge is -2.19. The fraction of sp³-hybridized carbons (Fsp3) is 0.292.